The molecule has 18 heavy (non-hydrogen) atoms. The number of phenolic OH excluding ortho intramolecular Hbond substituents is 1. The lowest BCUT2D eigenvalue weighted by Crippen LogP contribution is -2.34. The molecule has 0 heterocycles. The van der Waals surface area contributed by atoms with E-state index in [0.717, 1.165) is 11.8 Å². The summed E-state index contributed by atoms with van der Waals surface area (Å²) in [4.78, 5) is 12.0. The molecular weight excluding hydrogens is 318 g/mol. The molecule has 1 amide bonds. The van der Waals surface area contributed by atoms with Crippen molar-refractivity contribution in [3.63, 3.8) is 0 Å². The minimum absolute atomic E-state index is 0.0163. The van der Waals surface area contributed by atoms with E-state index >= 15 is 0 Å². The van der Waals surface area contributed by atoms with Gasteiger partial charge in [0.1, 0.15) is 5.75 Å². The van der Waals surface area contributed by atoms with Crippen LogP contribution in [0, 0.1) is 5.41 Å². The van der Waals surface area contributed by atoms with Gasteiger partial charge in [0.25, 0.3) is 5.91 Å². The molecule has 0 spiro atoms. The Morgan fingerprint density at radius 2 is 2.17 bits per heavy atom. The van der Waals surface area contributed by atoms with Crippen LogP contribution >= 0.6 is 27.5 Å². The van der Waals surface area contributed by atoms with Gasteiger partial charge < -0.3 is 10.4 Å². The van der Waals surface area contributed by atoms with E-state index in [1.807, 2.05) is 0 Å². The second-order valence-corrected chi connectivity index (χ2v) is 6.15. The summed E-state index contributed by atoms with van der Waals surface area (Å²) >= 11 is 9.31. The maximum absolute atomic E-state index is 12.0. The number of hydrogen-bond donors (Lipinski definition) is 2. The predicted octanol–water partition coefficient (Wildman–Crippen LogP) is 3.59. The molecule has 0 bridgehead atoms. The largest absolute Gasteiger partial charge is 0.508 e. The van der Waals surface area contributed by atoms with Crippen molar-refractivity contribution >= 4 is 33.4 Å². The quantitative estimate of drug-likeness (QED) is 0.809. The van der Waals surface area contributed by atoms with Crippen LogP contribution in [0.1, 0.15) is 30.6 Å². The summed E-state index contributed by atoms with van der Waals surface area (Å²) in [5.74, 6) is -0.234. The Hall–Kier alpha value is -0.740. The highest BCUT2D eigenvalue weighted by molar-refractivity contribution is 9.09. The molecule has 3 nitrogen and oxygen atoms in total. The number of carbonyl (C=O) groups is 1. The van der Waals surface area contributed by atoms with E-state index in [2.05, 4.69) is 35.1 Å². The van der Waals surface area contributed by atoms with Crippen LogP contribution in [0.4, 0.5) is 0 Å². The van der Waals surface area contributed by atoms with Gasteiger partial charge in [-0.15, -0.1) is 0 Å². The van der Waals surface area contributed by atoms with Crippen LogP contribution in [0.15, 0.2) is 18.2 Å². The van der Waals surface area contributed by atoms with Crippen LogP contribution in [0.25, 0.3) is 0 Å². The Morgan fingerprint density at radius 3 is 2.78 bits per heavy atom. The van der Waals surface area contributed by atoms with Gasteiger partial charge in [-0.3, -0.25) is 4.79 Å². The Balaban J connectivity index is 2.69. The van der Waals surface area contributed by atoms with E-state index < -0.39 is 0 Å². The highest BCUT2D eigenvalue weighted by atomic mass is 79.9. The van der Waals surface area contributed by atoms with Crippen molar-refractivity contribution in [1.82, 2.24) is 5.32 Å². The zero-order valence-corrected chi connectivity index (χ0v) is 12.8. The maximum Gasteiger partial charge on any atom is 0.252 e. The number of halogens is 2. The molecule has 0 aliphatic rings. The fourth-order valence-electron chi connectivity index (χ4n) is 1.45. The van der Waals surface area contributed by atoms with Crippen molar-refractivity contribution in [2.45, 2.75) is 20.3 Å². The molecule has 1 aromatic carbocycles. The summed E-state index contributed by atoms with van der Waals surface area (Å²) in [6.07, 6.45) is 0.959. The highest BCUT2D eigenvalue weighted by Gasteiger charge is 2.19. The highest BCUT2D eigenvalue weighted by Crippen LogP contribution is 2.23. The van der Waals surface area contributed by atoms with E-state index in [-0.39, 0.29) is 17.1 Å². The van der Waals surface area contributed by atoms with Crippen LogP contribution in [0.2, 0.25) is 5.02 Å². The third kappa shape index (κ3) is 4.50. The van der Waals surface area contributed by atoms with Gasteiger partial charge in [0.2, 0.25) is 0 Å². The van der Waals surface area contributed by atoms with Gasteiger partial charge in [0.05, 0.1) is 10.6 Å². The van der Waals surface area contributed by atoms with Crippen LogP contribution in [-0.4, -0.2) is 22.9 Å². The molecule has 0 radical (unpaired) electrons. The average Bonchev–Trinajstić information content (AvgIpc) is 2.29. The standard InChI is InChI=1S/C13H17BrClNO2/c1-13(2,5-6-14)8-16-12(18)10-7-9(17)3-4-11(10)15/h3-4,7,17H,5-6,8H2,1-2H3,(H,16,18). The Labute approximate surface area is 121 Å². The van der Waals surface area contributed by atoms with Gasteiger partial charge >= 0.3 is 0 Å². The lowest BCUT2D eigenvalue weighted by atomic mass is 9.90. The molecule has 100 valence electrons. The fourth-order valence-corrected chi connectivity index (χ4v) is 2.72. The number of nitrogens with one attached hydrogen (secondary N) is 1. The molecule has 0 unspecified atom stereocenters. The number of aromatic hydroxyl groups is 1. The minimum atomic E-state index is -0.265. The molecular formula is C13H17BrClNO2. The van der Waals surface area contributed by atoms with Crippen molar-refractivity contribution in [2.24, 2.45) is 5.41 Å². The van der Waals surface area contributed by atoms with E-state index in [1.54, 1.807) is 0 Å². The van der Waals surface area contributed by atoms with Gasteiger partial charge in [-0.1, -0.05) is 41.4 Å². The number of alkyl halides is 1. The summed E-state index contributed by atoms with van der Waals surface area (Å²) in [6, 6.07) is 4.33. The van der Waals surface area contributed by atoms with Crippen molar-refractivity contribution in [2.75, 3.05) is 11.9 Å². The van der Waals surface area contributed by atoms with Gasteiger partial charge in [-0.05, 0) is 30.0 Å². The monoisotopic (exact) mass is 333 g/mol. The summed E-state index contributed by atoms with van der Waals surface area (Å²) < 4.78 is 0. The summed E-state index contributed by atoms with van der Waals surface area (Å²) in [6.45, 7) is 4.72. The third-order valence-electron chi connectivity index (χ3n) is 2.69. The third-order valence-corrected chi connectivity index (χ3v) is 3.42. The van der Waals surface area contributed by atoms with Gasteiger partial charge in [-0.2, -0.15) is 0 Å². The Morgan fingerprint density at radius 1 is 1.50 bits per heavy atom. The lowest BCUT2D eigenvalue weighted by molar-refractivity contribution is 0.0935. The molecule has 0 aromatic heterocycles. The molecule has 0 saturated carbocycles. The number of carbonyl (C=O) groups excluding carboxylic acids is 1. The van der Waals surface area contributed by atoms with Crippen molar-refractivity contribution < 1.29 is 9.90 Å². The molecule has 0 aliphatic heterocycles. The van der Waals surface area contributed by atoms with Crippen molar-refractivity contribution in [1.29, 1.82) is 0 Å². The van der Waals surface area contributed by atoms with Crippen LogP contribution < -0.4 is 5.32 Å². The second kappa shape index (κ2) is 6.43. The molecule has 2 N–H and O–H groups in total. The molecule has 5 heteroatoms. The number of phenols is 1. The van der Waals surface area contributed by atoms with Gasteiger partial charge in [-0.25, -0.2) is 0 Å². The van der Waals surface area contributed by atoms with Crippen molar-refractivity contribution in [3.8, 4) is 5.75 Å². The van der Waals surface area contributed by atoms with E-state index in [9.17, 15) is 9.90 Å². The number of amides is 1. The fraction of sp³-hybridized carbons (Fsp3) is 0.462. The Bertz CT molecular complexity index is 435. The molecule has 0 aliphatic carbocycles. The maximum atomic E-state index is 12.0. The summed E-state index contributed by atoms with van der Waals surface area (Å²) in [5, 5.41) is 13.4. The van der Waals surface area contributed by atoms with Crippen LogP contribution in [0.3, 0.4) is 0 Å². The van der Waals surface area contributed by atoms with Crippen LogP contribution in [-0.2, 0) is 0 Å². The molecule has 1 aromatic rings. The second-order valence-electron chi connectivity index (χ2n) is 4.95. The molecule has 1 rings (SSSR count). The predicted molar refractivity (Wildman–Crippen MR) is 77.6 cm³/mol. The van der Waals surface area contributed by atoms with E-state index in [4.69, 9.17) is 11.6 Å². The molecule has 0 fully saturated rings. The first kappa shape index (κ1) is 15.3. The van der Waals surface area contributed by atoms with E-state index in [0.29, 0.717) is 17.1 Å². The number of rotatable bonds is 5. The normalized spacial score (nSPS) is 11.3. The van der Waals surface area contributed by atoms with Gasteiger partial charge in [0, 0.05) is 11.9 Å². The Kier molecular flexibility index (Phi) is 5.47. The number of hydrogen-bond acceptors (Lipinski definition) is 2. The zero-order chi connectivity index (χ0) is 13.8. The topological polar surface area (TPSA) is 49.3 Å². The lowest BCUT2D eigenvalue weighted by Gasteiger charge is -2.24. The van der Waals surface area contributed by atoms with Crippen LogP contribution in [0.5, 0.6) is 5.75 Å². The first-order chi connectivity index (χ1) is 8.35. The van der Waals surface area contributed by atoms with E-state index in [1.165, 1.54) is 18.2 Å². The molecule has 0 atom stereocenters. The smallest absolute Gasteiger partial charge is 0.252 e. The summed E-state index contributed by atoms with van der Waals surface area (Å²) in [5.41, 5.74) is 0.314. The molecule has 0 saturated heterocycles. The SMILES string of the molecule is CC(C)(CCBr)CNC(=O)c1cc(O)ccc1Cl. The van der Waals surface area contributed by atoms with Gasteiger partial charge in [0.15, 0.2) is 0 Å². The zero-order valence-electron chi connectivity index (χ0n) is 10.5. The first-order valence-electron chi connectivity index (χ1n) is 5.68. The first-order valence-corrected chi connectivity index (χ1v) is 7.18. The average molecular weight is 335 g/mol. The minimum Gasteiger partial charge on any atom is -0.508 e. The number of benzene rings is 1. The summed E-state index contributed by atoms with van der Waals surface area (Å²) in [7, 11) is 0. The van der Waals surface area contributed by atoms with Crippen molar-refractivity contribution in [3.05, 3.63) is 28.8 Å².